The topological polar surface area (TPSA) is 81.5 Å². The van der Waals surface area contributed by atoms with Gasteiger partial charge in [-0.25, -0.2) is 9.31 Å². The lowest BCUT2D eigenvalue weighted by Crippen LogP contribution is -2.05. The highest BCUT2D eigenvalue weighted by Gasteiger charge is 2.24. The fraction of sp³-hybridized carbons (Fsp3) is 0.346. The summed E-state index contributed by atoms with van der Waals surface area (Å²) in [6.07, 6.45) is 0.864. The van der Waals surface area contributed by atoms with Crippen LogP contribution in [0.4, 0.5) is 0 Å². The number of nitrogens with one attached hydrogen (secondary N) is 1. The molecule has 33 heavy (non-hydrogen) atoms. The number of hydrogen-bond acceptors (Lipinski definition) is 5. The number of aromatic amines is 1. The Morgan fingerprint density at radius 1 is 1.03 bits per heavy atom. The number of H-pyrrole nitrogens is 1. The Hall–Kier alpha value is -3.61. The van der Waals surface area contributed by atoms with Gasteiger partial charge < -0.3 is 9.47 Å². The van der Waals surface area contributed by atoms with Gasteiger partial charge in [-0.15, -0.1) is 10.2 Å². The molecule has 2 aromatic carbocycles. The quantitative estimate of drug-likeness (QED) is 0.346. The molecule has 2 aromatic heterocycles. The molecule has 0 saturated heterocycles. The lowest BCUT2D eigenvalue weighted by Gasteiger charge is -2.10. The summed E-state index contributed by atoms with van der Waals surface area (Å²) in [5, 5.41) is 12.4. The first-order valence-corrected chi connectivity index (χ1v) is 11.3. The van der Waals surface area contributed by atoms with E-state index < -0.39 is 0 Å². The van der Waals surface area contributed by atoms with E-state index in [1.54, 1.807) is 31.2 Å². The summed E-state index contributed by atoms with van der Waals surface area (Å²) < 4.78 is 13.2. The van der Waals surface area contributed by atoms with Crippen LogP contribution in [0.2, 0.25) is 0 Å². The number of nitrogens with zero attached hydrogens (tertiary/aromatic N) is 3. The van der Waals surface area contributed by atoms with Crippen LogP contribution in [-0.4, -0.2) is 32.4 Å². The predicted octanol–water partition coefficient (Wildman–Crippen LogP) is 5.80. The van der Waals surface area contributed by atoms with Crippen LogP contribution in [-0.2, 0) is 11.2 Å². The van der Waals surface area contributed by atoms with E-state index in [2.05, 4.69) is 67.3 Å². The summed E-state index contributed by atoms with van der Waals surface area (Å²) in [6.45, 7) is 10.6. The predicted molar refractivity (Wildman–Crippen MR) is 127 cm³/mol. The number of rotatable bonds is 8. The van der Waals surface area contributed by atoms with E-state index in [4.69, 9.17) is 9.47 Å². The van der Waals surface area contributed by atoms with Crippen LogP contribution in [0, 0.1) is 6.92 Å². The van der Waals surface area contributed by atoms with Crippen molar-refractivity contribution in [3.63, 3.8) is 0 Å². The van der Waals surface area contributed by atoms with Gasteiger partial charge >= 0.3 is 5.97 Å². The van der Waals surface area contributed by atoms with Gasteiger partial charge in [0, 0.05) is 5.92 Å². The average molecular weight is 447 g/mol. The van der Waals surface area contributed by atoms with Crippen LogP contribution in [0.25, 0.3) is 5.65 Å². The van der Waals surface area contributed by atoms with Crippen molar-refractivity contribution in [2.75, 3.05) is 6.61 Å². The summed E-state index contributed by atoms with van der Waals surface area (Å²) in [4.78, 5) is 11.9. The maximum absolute atomic E-state index is 11.9. The zero-order valence-electron chi connectivity index (χ0n) is 19.8. The van der Waals surface area contributed by atoms with Crippen molar-refractivity contribution in [1.82, 2.24) is 19.8 Å². The van der Waals surface area contributed by atoms with Gasteiger partial charge in [0.25, 0.3) is 0 Å². The molecule has 7 heteroatoms. The van der Waals surface area contributed by atoms with Gasteiger partial charge in [0.1, 0.15) is 5.75 Å². The lowest BCUT2D eigenvalue weighted by molar-refractivity contribution is 0.0526. The fourth-order valence-corrected chi connectivity index (χ4v) is 3.82. The molecule has 0 fully saturated rings. The summed E-state index contributed by atoms with van der Waals surface area (Å²) in [5.41, 5.74) is 4.59. The molecule has 0 aliphatic carbocycles. The van der Waals surface area contributed by atoms with Gasteiger partial charge in [-0.1, -0.05) is 50.6 Å². The van der Waals surface area contributed by atoms with Crippen LogP contribution in [0.1, 0.15) is 72.5 Å². The Morgan fingerprint density at radius 2 is 1.73 bits per heavy atom. The van der Waals surface area contributed by atoms with Crippen molar-refractivity contribution in [2.24, 2.45) is 0 Å². The molecule has 0 aliphatic rings. The Balaban J connectivity index is 1.62. The molecule has 0 spiro atoms. The third-order valence-corrected chi connectivity index (χ3v) is 5.63. The molecule has 4 aromatic rings. The number of ether oxygens (including phenoxy) is 2. The normalized spacial score (nSPS) is 12.3. The minimum atomic E-state index is -0.347. The van der Waals surface area contributed by atoms with Crippen molar-refractivity contribution in [1.29, 1.82) is 0 Å². The Kier molecular flexibility index (Phi) is 6.49. The second-order valence-corrected chi connectivity index (χ2v) is 8.66. The molecule has 2 heterocycles. The summed E-state index contributed by atoms with van der Waals surface area (Å²) in [7, 11) is 0. The molecule has 1 N–H and O–H groups in total. The van der Waals surface area contributed by atoms with Gasteiger partial charge in [0.2, 0.25) is 5.65 Å². The van der Waals surface area contributed by atoms with Gasteiger partial charge in [-0.05, 0) is 56.0 Å². The largest absolute Gasteiger partial charge is 0.462 e. The molecule has 7 nitrogen and oxygen atoms in total. The standard InChI is InChI=1S/C26H30N4O3/c1-6-32-26(31)20-11-13-21(14-12-20)33-23-22(16(2)3)29-30-24(27-28-25(23)30)18(5)15-19-9-7-17(4)8-10-19/h7-14,16,18,29H,6,15H2,1-5H3. The smallest absolute Gasteiger partial charge is 0.338 e. The second kappa shape index (κ2) is 9.48. The van der Waals surface area contributed by atoms with Crippen molar-refractivity contribution < 1.29 is 14.3 Å². The molecule has 172 valence electrons. The van der Waals surface area contributed by atoms with Crippen LogP contribution in [0.15, 0.2) is 48.5 Å². The number of aromatic nitrogens is 4. The highest BCUT2D eigenvalue weighted by atomic mass is 16.5. The van der Waals surface area contributed by atoms with Crippen molar-refractivity contribution in [2.45, 2.75) is 52.9 Å². The summed E-state index contributed by atoms with van der Waals surface area (Å²) >= 11 is 0. The van der Waals surface area contributed by atoms with Gasteiger partial charge in [-0.3, -0.25) is 5.10 Å². The molecule has 0 saturated carbocycles. The highest BCUT2D eigenvalue weighted by molar-refractivity contribution is 5.89. The maximum atomic E-state index is 11.9. The monoisotopic (exact) mass is 446 g/mol. The molecule has 0 amide bonds. The second-order valence-electron chi connectivity index (χ2n) is 8.66. The number of esters is 1. The molecule has 4 rings (SSSR count). The summed E-state index contributed by atoms with van der Waals surface area (Å²) in [5.74, 6) is 2.14. The third-order valence-electron chi connectivity index (χ3n) is 5.63. The zero-order chi connectivity index (χ0) is 23.5. The van der Waals surface area contributed by atoms with E-state index in [-0.39, 0.29) is 17.8 Å². The van der Waals surface area contributed by atoms with E-state index in [1.165, 1.54) is 11.1 Å². The number of benzene rings is 2. The van der Waals surface area contributed by atoms with Gasteiger partial charge in [0.15, 0.2) is 11.6 Å². The first-order chi connectivity index (χ1) is 15.9. The molecule has 0 radical (unpaired) electrons. The molecule has 1 atom stereocenters. The number of carbonyl (C=O) groups excluding carboxylic acids is 1. The maximum Gasteiger partial charge on any atom is 0.338 e. The van der Waals surface area contributed by atoms with E-state index in [9.17, 15) is 4.79 Å². The molecular formula is C26H30N4O3. The van der Waals surface area contributed by atoms with Crippen molar-refractivity contribution in [3.05, 3.63) is 76.7 Å². The number of carbonyl (C=O) groups is 1. The van der Waals surface area contributed by atoms with Crippen molar-refractivity contribution >= 4 is 11.6 Å². The van der Waals surface area contributed by atoms with Crippen LogP contribution >= 0.6 is 0 Å². The lowest BCUT2D eigenvalue weighted by atomic mass is 10.00. The van der Waals surface area contributed by atoms with Gasteiger partial charge in [0.05, 0.1) is 17.9 Å². The Labute approximate surface area is 193 Å². The summed E-state index contributed by atoms with van der Waals surface area (Å²) in [6, 6.07) is 15.5. The first kappa shape index (κ1) is 22.6. The molecule has 0 aliphatic heterocycles. The minimum absolute atomic E-state index is 0.165. The number of fused-ring (bicyclic) bond motifs is 1. The zero-order valence-corrected chi connectivity index (χ0v) is 19.8. The van der Waals surface area contributed by atoms with Crippen LogP contribution in [0.3, 0.4) is 0 Å². The average Bonchev–Trinajstić information content (AvgIpc) is 3.36. The van der Waals surface area contributed by atoms with Gasteiger partial charge in [-0.2, -0.15) is 0 Å². The van der Waals surface area contributed by atoms with E-state index in [0.29, 0.717) is 29.3 Å². The molecule has 1 unspecified atom stereocenters. The SMILES string of the molecule is CCOC(=O)c1ccc(Oc2c(C(C)C)[nH]n3c(C(C)Cc4ccc(C)cc4)nnc23)cc1. The van der Waals surface area contributed by atoms with Crippen molar-refractivity contribution in [3.8, 4) is 11.5 Å². The number of aryl methyl sites for hydroxylation is 1. The molecular weight excluding hydrogens is 416 g/mol. The third kappa shape index (κ3) is 4.77. The highest BCUT2D eigenvalue weighted by Crippen LogP contribution is 2.35. The van der Waals surface area contributed by atoms with E-state index in [1.807, 2.05) is 4.52 Å². The molecule has 0 bridgehead atoms. The van der Waals surface area contributed by atoms with E-state index >= 15 is 0 Å². The minimum Gasteiger partial charge on any atom is -0.462 e. The Morgan fingerprint density at radius 3 is 2.36 bits per heavy atom. The van der Waals surface area contributed by atoms with Crippen LogP contribution < -0.4 is 4.74 Å². The first-order valence-electron chi connectivity index (χ1n) is 11.3. The Bertz CT molecular complexity index is 1240. The number of hydrogen-bond donors (Lipinski definition) is 1. The van der Waals surface area contributed by atoms with Crippen LogP contribution in [0.5, 0.6) is 11.5 Å². The van der Waals surface area contributed by atoms with E-state index in [0.717, 1.165) is 17.9 Å². The fourth-order valence-electron chi connectivity index (χ4n) is 3.82.